The van der Waals surface area contributed by atoms with Crippen molar-refractivity contribution in [1.29, 1.82) is 0 Å². The third-order valence-electron chi connectivity index (χ3n) is 4.18. The predicted molar refractivity (Wildman–Crippen MR) is 76.9 cm³/mol. The molecule has 2 aromatic rings. The van der Waals surface area contributed by atoms with Crippen LogP contribution in [0.2, 0.25) is 0 Å². The summed E-state index contributed by atoms with van der Waals surface area (Å²) in [5.74, 6) is 0.430. The molecule has 0 amide bonds. The van der Waals surface area contributed by atoms with Gasteiger partial charge < -0.3 is 10.3 Å². The van der Waals surface area contributed by atoms with Crippen molar-refractivity contribution in [2.24, 2.45) is 11.7 Å². The van der Waals surface area contributed by atoms with Gasteiger partial charge in [0.15, 0.2) is 0 Å². The average Bonchev–Trinajstić information content (AvgIpc) is 3.03. The Bertz CT molecular complexity index is 546. The van der Waals surface area contributed by atoms with Gasteiger partial charge in [0.2, 0.25) is 0 Å². The number of aromatic nitrogens is 2. The summed E-state index contributed by atoms with van der Waals surface area (Å²) in [5.41, 5.74) is 10.4. The van der Waals surface area contributed by atoms with Crippen LogP contribution < -0.4 is 5.73 Å². The maximum atomic E-state index is 6.29. The van der Waals surface area contributed by atoms with Crippen molar-refractivity contribution in [2.75, 3.05) is 0 Å². The number of rotatable bonds is 3. The molecule has 0 aliphatic heterocycles. The van der Waals surface area contributed by atoms with Crippen LogP contribution in [0.15, 0.2) is 36.8 Å². The van der Waals surface area contributed by atoms with E-state index in [1.807, 2.05) is 12.5 Å². The van der Waals surface area contributed by atoms with Gasteiger partial charge in [-0.2, -0.15) is 0 Å². The average molecular weight is 255 g/mol. The molecule has 0 saturated carbocycles. The first-order valence-electron chi connectivity index (χ1n) is 7.01. The first kappa shape index (κ1) is 12.4. The van der Waals surface area contributed by atoms with Gasteiger partial charge in [0.1, 0.15) is 0 Å². The highest BCUT2D eigenvalue weighted by molar-refractivity contribution is 5.33. The zero-order valence-corrected chi connectivity index (χ0v) is 11.6. The Morgan fingerprint density at radius 2 is 1.84 bits per heavy atom. The zero-order chi connectivity index (χ0) is 13.4. The third-order valence-corrected chi connectivity index (χ3v) is 4.18. The van der Waals surface area contributed by atoms with E-state index in [1.165, 1.54) is 11.1 Å². The fraction of sp³-hybridized carbons (Fsp3) is 0.438. The van der Waals surface area contributed by atoms with Gasteiger partial charge >= 0.3 is 0 Å². The van der Waals surface area contributed by atoms with Crippen molar-refractivity contribution in [3.63, 3.8) is 0 Å². The fourth-order valence-corrected chi connectivity index (χ4v) is 2.95. The lowest BCUT2D eigenvalue weighted by molar-refractivity contribution is 0.440. The lowest BCUT2D eigenvalue weighted by Crippen LogP contribution is -2.22. The second-order valence-corrected chi connectivity index (χ2v) is 5.83. The van der Waals surface area contributed by atoms with Crippen LogP contribution in [-0.4, -0.2) is 9.55 Å². The molecule has 2 N–H and O–H groups in total. The molecule has 1 aromatic heterocycles. The van der Waals surface area contributed by atoms with E-state index in [1.54, 1.807) is 0 Å². The molecule has 1 heterocycles. The van der Waals surface area contributed by atoms with Crippen molar-refractivity contribution >= 4 is 0 Å². The molecule has 0 saturated heterocycles. The van der Waals surface area contributed by atoms with E-state index < -0.39 is 0 Å². The maximum Gasteiger partial charge on any atom is 0.0951 e. The fourth-order valence-electron chi connectivity index (χ4n) is 2.95. The maximum absolute atomic E-state index is 6.29. The molecular formula is C16H21N3. The van der Waals surface area contributed by atoms with E-state index in [9.17, 15) is 0 Å². The first-order valence-corrected chi connectivity index (χ1v) is 7.01. The molecule has 3 rings (SSSR count). The predicted octanol–water partition coefficient (Wildman–Crippen LogP) is 2.88. The minimum Gasteiger partial charge on any atom is -0.329 e. The molecule has 0 spiro atoms. The molecule has 1 aliphatic rings. The Morgan fingerprint density at radius 1 is 1.21 bits per heavy atom. The summed E-state index contributed by atoms with van der Waals surface area (Å²) in [7, 11) is 0. The Labute approximate surface area is 114 Å². The standard InChI is InChI=1S/C16H21N3/c1-11(2)16(17)15-9-18-10-19(15)14-7-12-5-3-4-6-13(12)8-14/h3-6,9-11,14,16H,7-8,17H2,1-2H3. The number of hydrogen-bond acceptors (Lipinski definition) is 2. The number of nitrogens with two attached hydrogens (primary N) is 1. The summed E-state index contributed by atoms with van der Waals surface area (Å²) in [4.78, 5) is 4.32. The van der Waals surface area contributed by atoms with Crippen LogP contribution in [0.25, 0.3) is 0 Å². The Morgan fingerprint density at radius 3 is 2.42 bits per heavy atom. The van der Waals surface area contributed by atoms with Crippen LogP contribution in [-0.2, 0) is 12.8 Å². The van der Waals surface area contributed by atoms with Gasteiger partial charge in [-0.15, -0.1) is 0 Å². The second-order valence-electron chi connectivity index (χ2n) is 5.83. The first-order chi connectivity index (χ1) is 9.16. The van der Waals surface area contributed by atoms with E-state index in [-0.39, 0.29) is 6.04 Å². The summed E-state index contributed by atoms with van der Waals surface area (Å²) < 4.78 is 2.28. The summed E-state index contributed by atoms with van der Waals surface area (Å²) in [5, 5.41) is 0. The highest BCUT2D eigenvalue weighted by Gasteiger charge is 2.25. The molecule has 3 nitrogen and oxygen atoms in total. The third kappa shape index (κ3) is 2.19. The molecule has 1 aromatic carbocycles. The smallest absolute Gasteiger partial charge is 0.0951 e. The summed E-state index contributed by atoms with van der Waals surface area (Å²) >= 11 is 0. The molecule has 1 aliphatic carbocycles. The summed E-state index contributed by atoms with van der Waals surface area (Å²) in [6.45, 7) is 4.32. The molecule has 0 radical (unpaired) electrons. The summed E-state index contributed by atoms with van der Waals surface area (Å²) in [6, 6.07) is 9.24. The number of hydrogen-bond donors (Lipinski definition) is 1. The molecular weight excluding hydrogens is 234 g/mol. The monoisotopic (exact) mass is 255 g/mol. The van der Waals surface area contributed by atoms with Gasteiger partial charge in [0.05, 0.1) is 12.0 Å². The lowest BCUT2D eigenvalue weighted by atomic mass is 10.0. The topological polar surface area (TPSA) is 43.8 Å². The Balaban J connectivity index is 1.88. The minimum atomic E-state index is 0.0613. The molecule has 19 heavy (non-hydrogen) atoms. The molecule has 1 unspecified atom stereocenters. The van der Waals surface area contributed by atoms with Crippen LogP contribution in [0, 0.1) is 5.92 Å². The van der Waals surface area contributed by atoms with E-state index in [0.29, 0.717) is 12.0 Å². The minimum absolute atomic E-state index is 0.0613. The number of benzene rings is 1. The zero-order valence-electron chi connectivity index (χ0n) is 11.6. The van der Waals surface area contributed by atoms with Gasteiger partial charge in [0, 0.05) is 18.3 Å². The van der Waals surface area contributed by atoms with Gasteiger partial charge in [0.25, 0.3) is 0 Å². The number of nitrogens with zero attached hydrogens (tertiary/aromatic N) is 2. The van der Waals surface area contributed by atoms with Gasteiger partial charge in [-0.1, -0.05) is 38.1 Å². The molecule has 0 bridgehead atoms. The van der Waals surface area contributed by atoms with Crippen molar-refractivity contribution in [1.82, 2.24) is 9.55 Å². The van der Waals surface area contributed by atoms with Crippen molar-refractivity contribution in [2.45, 2.75) is 38.8 Å². The molecule has 3 heteroatoms. The highest BCUT2D eigenvalue weighted by atomic mass is 15.1. The van der Waals surface area contributed by atoms with Crippen LogP contribution in [0.1, 0.15) is 42.8 Å². The molecule has 1 atom stereocenters. The SMILES string of the molecule is CC(C)C(N)c1cncn1C1Cc2ccccc2C1. The highest BCUT2D eigenvalue weighted by Crippen LogP contribution is 2.32. The normalized spacial score (nSPS) is 16.8. The van der Waals surface area contributed by atoms with Crippen LogP contribution in [0.5, 0.6) is 0 Å². The van der Waals surface area contributed by atoms with Gasteiger partial charge in [-0.3, -0.25) is 0 Å². The van der Waals surface area contributed by atoms with Crippen LogP contribution in [0.3, 0.4) is 0 Å². The lowest BCUT2D eigenvalue weighted by Gasteiger charge is -2.21. The summed E-state index contributed by atoms with van der Waals surface area (Å²) in [6.07, 6.45) is 6.04. The Hall–Kier alpha value is -1.61. The van der Waals surface area contributed by atoms with E-state index in [2.05, 4.69) is 47.7 Å². The van der Waals surface area contributed by atoms with Crippen molar-refractivity contribution in [3.05, 3.63) is 53.6 Å². The van der Waals surface area contributed by atoms with Crippen molar-refractivity contribution in [3.8, 4) is 0 Å². The number of fused-ring (bicyclic) bond motifs is 1. The largest absolute Gasteiger partial charge is 0.329 e. The molecule has 0 fully saturated rings. The van der Waals surface area contributed by atoms with Gasteiger partial charge in [-0.25, -0.2) is 4.98 Å². The van der Waals surface area contributed by atoms with Crippen LogP contribution in [0.4, 0.5) is 0 Å². The van der Waals surface area contributed by atoms with E-state index in [0.717, 1.165) is 18.5 Å². The van der Waals surface area contributed by atoms with E-state index >= 15 is 0 Å². The second kappa shape index (κ2) is 4.82. The Kier molecular flexibility index (Phi) is 3.15. The number of imidazole rings is 1. The molecule has 100 valence electrons. The van der Waals surface area contributed by atoms with Crippen LogP contribution >= 0.6 is 0 Å². The van der Waals surface area contributed by atoms with E-state index in [4.69, 9.17) is 5.73 Å². The van der Waals surface area contributed by atoms with Gasteiger partial charge in [-0.05, 0) is 29.9 Å². The van der Waals surface area contributed by atoms with Crippen molar-refractivity contribution < 1.29 is 0 Å². The quantitative estimate of drug-likeness (QED) is 0.916.